The summed E-state index contributed by atoms with van der Waals surface area (Å²) in [6.07, 6.45) is 14.6. The molecule has 0 aliphatic heterocycles. The Morgan fingerprint density at radius 1 is 0.632 bits per heavy atom. The van der Waals surface area contributed by atoms with E-state index in [0.29, 0.717) is 12.8 Å². The third-order valence-corrected chi connectivity index (χ3v) is 3.83. The van der Waals surface area contributed by atoms with Crippen LogP contribution in [-0.2, 0) is 0 Å². The Morgan fingerprint density at radius 3 is 1.42 bits per heavy atom. The van der Waals surface area contributed by atoms with E-state index >= 15 is 0 Å². The third-order valence-electron chi connectivity index (χ3n) is 3.83. The lowest BCUT2D eigenvalue weighted by Crippen LogP contribution is -2.21. The molecule has 1 N–H and O–H groups in total. The van der Waals surface area contributed by atoms with Gasteiger partial charge in [-0.3, -0.25) is 0 Å². The second-order valence-corrected chi connectivity index (χ2v) is 5.95. The highest BCUT2D eigenvalue weighted by atomic mass is 19.2. The number of rotatable bonds is 14. The van der Waals surface area contributed by atoms with Crippen LogP contribution in [0.2, 0.25) is 0 Å². The van der Waals surface area contributed by atoms with Crippen LogP contribution in [-0.4, -0.2) is 11.0 Å². The Hall–Kier alpha value is -0.110. The summed E-state index contributed by atoms with van der Waals surface area (Å²) < 4.78 is 13.7. The first-order valence-electron chi connectivity index (χ1n) is 8.53. The summed E-state index contributed by atoms with van der Waals surface area (Å²) >= 11 is 0. The van der Waals surface area contributed by atoms with Gasteiger partial charge in [-0.1, -0.05) is 78.1 Å². The van der Waals surface area contributed by atoms with Gasteiger partial charge in [0.1, 0.15) is 0 Å². The molecule has 19 heavy (non-hydrogen) atoms. The van der Waals surface area contributed by atoms with E-state index < -0.39 is 5.85 Å². The van der Waals surface area contributed by atoms with Gasteiger partial charge in [-0.05, 0) is 12.8 Å². The van der Waals surface area contributed by atoms with Crippen molar-refractivity contribution < 1.29 is 9.50 Å². The van der Waals surface area contributed by atoms with Crippen molar-refractivity contribution in [2.24, 2.45) is 0 Å². The number of aliphatic hydroxyl groups is 1. The first-order valence-corrected chi connectivity index (χ1v) is 8.53. The van der Waals surface area contributed by atoms with Gasteiger partial charge in [0, 0.05) is 12.8 Å². The van der Waals surface area contributed by atoms with E-state index in [1.54, 1.807) is 0 Å². The van der Waals surface area contributed by atoms with E-state index in [0.717, 1.165) is 32.1 Å². The average Bonchev–Trinajstić information content (AvgIpc) is 2.37. The van der Waals surface area contributed by atoms with Crippen LogP contribution in [0.1, 0.15) is 104 Å². The van der Waals surface area contributed by atoms with Crippen molar-refractivity contribution in [1.82, 2.24) is 0 Å². The number of alkyl halides is 1. The van der Waals surface area contributed by atoms with Crippen LogP contribution in [0.3, 0.4) is 0 Å². The highest BCUT2D eigenvalue weighted by molar-refractivity contribution is 4.65. The van der Waals surface area contributed by atoms with Crippen molar-refractivity contribution in [2.45, 2.75) is 110 Å². The fourth-order valence-corrected chi connectivity index (χ4v) is 2.48. The first kappa shape index (κ1) is 18.9. The van der Waals surface area contributed by atoms with Gasteiger partial charge in [-0.15, -0.1) is 0 Å². The highest BCUT2D eigenvalue weighted by Crippen LogP contribution is 2.24. The van der Waals surface area contributed by atoms with E-state index in [1.807, 2.05) is 0 Å². The number of halogens is 1. The summed E-state index contributed by atoms with van der Waals surface area (Å²) in [4.78, 5) is 0. The molecule has 0 radical (unpaired) electrons. The predicted molar refractivity (Wildman–Crippen MR) is 82.0 cm³/mol. The quantitative estimate of drug-likeness (QED) is 0.377. The molecular formula is C17H35FO. The molecule has 0 saturated carbocycles. The zero-order valence-electron chi connectivity index (χ0n) is 13.2. The minimum absolute atomic E-state index is 0.317. The molecule has 0 rings (SSSR count). The molecule has 0 aromatic carbocycles. The molecule has 0 heterocycles. The second kappa shape index (κ2) is 12.9. The van der Waals surface area contributed by atoms with Gasteiger partial charge in [0.15, 0.2) is 0 Å². The van der Waals surface area contributed by atoms with Crippen molar-refractivity contribution in [1.29, 1.82) is 0 Å². The number of unbranched alkanes of at least 4 members (excludes halogenated alkanes) is 10. The zero-order chi connectivity index (χ0) is 14.4. The van der Waals surface area contributed by atoms with Gasteiger partial charge in [-0.2, -0.15) is 0 Å². The summed E-state index contributed by atoms with van der Waals surface area (Å²) in [6, 6.07) is 0. The summed E-state index contributed by atoms with van der Waals surface area (Å²) in [5, 5.41) is 9.57. The Morgan fingerprint density at radius 2 is 0.947 bits per heavy atom. The molecule has 0 aromatic heterocycles. The third kappa shape index (κ3) is 14.1. The Kier molecular flexibility index (Phi) is 12.8. The molecular weight excluding hydrogens is 239 g/mol. The Bertz CT molecular complexity index is 180. The van der Waals surface area contributed by atoms with Gasteiger partial charge < -0.3 is 5.11 Å². The van der Waals surface area contributed by atoms with Crippen LogP contribution >= 0.6 is 0 Å². The summed E-state index contributed by atoms with van der Waals surface area (Å²) in [6.45, 7) is 4.33. The lowest BCUT2D eigenvalue weighted by molar-refractivity contribution is -0.103. The van der Waals surface area contributed by atoms with Crippen LogP contribution in [0.25, 0.3) is 0 Å². The lowest BCUT2D eigenvalue weighted by Gasteiger charge is -2.18. The van der Waals surface area contributed by atoms with Gasteiger partial charge in [0.05, 0.1) is 0 Å². The summed E-state index contributed by atoms with van der Waals surface area (Å²) in [7, 11) is 0. The molecule has 1 atom stereocenters. The van der Waals surface area contributed by atoms with Crippen LogP contribution in [0.15, 0.2) is 0 Å². The van der Waals surface area contributed by atoms with Crippen molar-refractivity contribution in [3.63, 3.8) is 0 Å². The molecule has 0 bridgehead atoms. The molecule has 1 nitrogen and oxygen atoms in total. The maximum Gasteiger partial charge on any atom is 0.206 e. The van der Waals surface area contributed by atoms with Gasteiger partial charge in [0.2, 0.25) is 5.85 Å². The molecule has 116 valence electrons. The molecule has 0 aliphatic rings. The Labute approximate surface area is 120 Å². The zero-order valence-corrected chi connectivity index (χ0v) is 13.2. The van der Waals surface area contributed by atoms with Crippen LogP contribution < -0.4 is 0 Å². The fraction of sp³-hybridized carbons (Fsp3) is 1.00. The predicted octanol–water partition coefficient (Wildman–Crippen LogP) is 6.15. The van der Waals surface area contributed by atoms with E-state index in [-0.39, 0.29) is 0 Å². The monoisotopic (exact) mass is 274 g/mol. The van der Waals surface area contributed by atoms with Gasteiger partial charge in [-0.25, -0.2) is 4.39 Å². The summed E-state index contributed by atoms with van der Waals surface area (Å²) in [5.41, 5.74) is 0. The van der Waals surface area contributed by atoms with Crippen LogP contribution in [0.5, 0.6) is 0 Å². The molecule has 1 unspecified atom stereocenters. The van der Waals surface area contributed by atoms with Crippen LogP contribution in [0, 0.1) is 0 Å². The van der Waals surface area contributed by atoms with E-state index in [4.69, 9.17) is 0 Å². The molecule has 0 spiro atoms. The first-order chi connectivity index (χ1) is 9.12. The average molecular weight is 274 g/mol. The molecule has 0 saturated heterocycles. The maximum absolute atomic E-state index is 13.7. The second-order valence-electron chi connectivity index (χ2n) is 5.95. The molecule has 0 amide bonds. The van der Waals surface area contributed by atoms with E-state index in [2.05, 4.69) is 13.8 Å². The molecule has 0 fully saturated rings. The van der Waals surface area contributed by atoms with E-state index in [1.165, 1.54) is 44.9 Å². The minimum atomic E-state index is -1.91. The largest absolute Gasteiger partial charge is 0.362 e. The topological polar surface area (TPSA) is 20.2 Å². The lowest BCUT2D eigenvalue weighted by atomic mass is 10.0. The fourth-order valence-electron chi connectivity index (χ4n) is 2.48. The highest BCUT2D eigenvalue weighted by Gasteiger charge is 2.23. The smallest absolute Gasteiger partial charge is 0.206 e. The SMILES string of the molecule is CCCCCCCCCCCC(O)(F)CCCCC. The minimum Gasteiger partial charge on any atom is -0.362 e. The van der Waals surface area contributed by atoms with Gasteiger partial charge in [0.25, 0.3) is 0 Å². The standard InChI is InChI=1S/C17H35FO/c1-3-5-7-8-9-10-11-12-14-16-17(18,19)15-13-6-4-2/h19H,3-16H2,1-2H3. The van der Waals surface area contributed by atoms with Crippen LogP contribution in [0.4, 0.5) is 4.39 Å². The van der Waals surface area contributed by atoms with Crippen molar-refractivity contribution in [2.75, 3.05) is 0 Å². The summed E-state index contributed by atoms with van der Waals surface area (Å²) in [5.74, 6) is -1.91. The van der Waals surface area contributed by atoms with Crippen molar-refractivity contribution in [3.05, 3.63) is 0 Å². The molecule has 0 aromatic rings. The maximum atomic E-state index is 13.7. The van der Waals surface area contributed by atoms with Crippen molar-refractivity contribution >= 4 is 0 Å². The van der Waals surface area contributed by atoms with Gasteiger partial charge >= 0.3 is 0 Å². The van der Waals surface area contributed by atoms with Crippen molar-refractivity contribution in [3.8, 4) is 0 Å². The number of hydrogen-bond acceptors (Lipinski definition) is 1. The Balaban J connectivity index is 3.27. The molecule has 0 aliphatic carbocycles. The normalized spacial score (nSPS) is 14.5. The molecule has 2 heteroatoms. The van der Waals surface area contributed by atoms with E-state index in [9.17, 15) is 9.50 Å². The number of hydrogen-bond donors (Lipinski definition) is 1.